The summed E-state index contributed by atoms with van der Waals surface area (Å²) in [7, 11) is 3.87. The Morgan fingerprint density at radius 2 is 2.00 bits per heavy atom. The Morgan fingerprint density at radius 3 is 2.55 bits per heavy atom. The molecule has 0 aromatic carbocycles. The maximum atomic E-state index is 4.05. The van der Waals surface area contributed by atoms with E-state index >= 15 is 0 Å². The zero-order valence-electron chi connectivity index (χ0n) is 6.78. The van der Waals surface area contributed by atoms with Crippen LogP contribution < -0.4 is 5.43 Å². The number of nitrogens with zero attached hydrogens (tertiary/aromatic N) is 3. The van der Waals surface area contributed by atoms with Crippen LogP contribution in [0, 0.1) is 0 Å². The maximum Gasteiger partial charge on any atom is 0.143 e. The van der Waals surface area contributed by atoms with Crippen molar-refractivity contribution in [2.45, 2.75) is 6.54 Å². The summed E-state index contributed by atoms with van der Waals surface area (Å²) in [6.07, 6.45) is 3.47. The number of hydrazine groups is 1. The second-order valence-electron chi connectivity index (χ2n) is 2.39. The molecule has 0 spiro atoms. The van der Waals surface area contributed by atoms with Gasteiger partial charge < -0.3 is 0 Å². The zero-order valence-corrected chi connectivity index (χ0v) is 6.78. The Bertz CT molecular complexity index is 197. The van der Waals surface area contributed by atoms with Crippen LogP contribution in [0.2, 0.25) is 0 Å². The minimum atomic E-state index is 0.674. The third kappa shape index (κ3) is 3.06. The summed E-state index contributed by atoms with van der Waals surface area (Å²) >= 11 is 0. The van der Waals surface area contributed by atoms with Gasteiger partial charge in [-0.05, 0) is 6.07 Å². The summed E-state index contributed by atoms with van der Waals surface area (Å²) in [6, 6.07) is 1.80. The normalized spacial score (nSPS) is 10.5. The first-order valence-corrected chi connectivity index (χ1v) is 3.46. The first-order chi connectivity index (χ1) is 5.29. The standard InChI is InChI=1S/C7H12N4/c1-11(2)10-6-7-8-4-3-5-9-7/h3-5,10H,6H2,1-2H3. The number of hydrogen-bond acceptors (Lipinski definition) is 4. The van der Waals surface area contributed by atoms with Crippen molar-refractivity contribution in [2.24, 2.45) is 0 Å². The molecule has 1 aromatic heterocycles. The van der Waals surface area contributed by atoms with Crippen LogP contribution in [-0.2, 0) is 6.54 Å². The molecule has 0 aliphatic heterocycles. The lowest BCUT2D eigenvalue weighted by atomic mass is 10.5. The van der Waals surface area contributed by atoms with Crippen LogP contribution >= 0.6 is 0 Å². The Hall–Kier alpha value is -1.00. The molecule has 4 heteroatoms. The molecule has 0 unspecified atom stereocenters. The lowest BCUT2D eigenvalue weighted by Crippen LogP contribution is -2.30. The highest BCUT2D eigenvalue weighted by Gasteiger charge is 1.92. The average molecular weight is 152 g/mol. The Balaban J connectivity index is 2.39. The van der Waals surface area contributed by atoms with Gasteiger partial charge in [-0.15, -0.1) is 0 Å². The predicted octanol–water partition coefficient (Wildman–Crippen LogP) is 0.0428. The monoisotopic (exact) mass is 152 g/mol. The molecule has 0 bridgehead atoms. The number of aromatic nitrogens is 2. The lowest BCUT2D eigenvalue weighted by molar-refractivity contribution is 0.282. The van der Waals surface area contributed by atoms with E-state index < -0.39 is 0 Å². The zero-order chi connectivity index (χ0) is 8.10. The first kappa shape index (κ1) is 8.10. The largest absolute Gasteiger partial charge is 0.250 e. The van der Waals surface area contributed by atoms with Crippen molar-refractivity contribution < 1.29 is 0 Å². The van der Waals surface area contributed by atoms with Gasteiger partial charge in [0.25, 0.3) is 0 Å². The Morgan fingerprint density at radius 1 is 1.36 bits per heavy atom. The van der Waals surface area contributed by atoms with Crippen molar-refractivity contribution in [1.29, 1.82) is 0 Å². The van der Waals surface area contributed by atoms with Gasteiger partial charge in [0.05, 0.1) is 6.54 Å². The molecule has 0 atom stereocenters. The lowest BCUT2D eigenvalue weighted by Gasteiger charge is -2.09. The highest BCUT2D eigenvalue weighted by Crippen LogP contribution is 1.85. The highest BCUT2D eigenvalue weighted by atomic mass is 15.5. The summed E-state index contributed by atoms with van der Waals surface area (Å²) in [4.78, 5) is 8.10. The second kappa shape index (κ2) is 4.00. The molecule has 1 rings (SSSR count). The van der Waals surface area contributed by atoms with Crippen molar-refractivity contribution in [1.82, 2.24) is 20.4 Å². The average Bonchev–Trinajstić information content (AvgIpc) is 2.03. The molecule has 60 valence electrons. The molecular weight excluding hydrogens is 140 g/mol. The molecule has 4 nitrogen and oxygen atoms in total. The minimum Gasteiger partial charge on any atom is -0.250 e. The summed E-state index contributed by atoms with van der Waals surface area (Å²) in [6.45, 7) is 0.674. The summed E-state index contributed by atoms with van der Waals surface area (Å²) in [5, 5.41) is 1.87. The van der Waals surface area contributed by atoms with Gasteiger partial charge in [0.2, 0.25) is 0 Å². The van der Waals surface area contributed by atoms with E-state index in [1.807, 2.05) is 19.1 Å². The van der Waals surface area contributed by atoms with Crippen LogP contribution in [0.4, 0.5) is 0 Å². The van der Waals surface area contributed by atoms with Crippen LogP contribution in [0.3, 0.4) is 0 Å². The molecule has 1 N–H and O–H groups in total. The van der Waals surface area contributed by atoms with Gasteiger partial charge in [-0.3, -0.25) is 5.01 Å². The van der Waals surface area contributed by atoms with Crippen LogP contribution in [0.15, 0.2) is 18.5 Å². The van der Waals surface area contributed by atoms with Gasteiger partial charge in [0.15, 0.2) is 0 Å². The van der Waals surface area contributed by atoms with E-state index in [9.17, 15) is 0 Å². The van der Waals surface area contributed by atoms with Crippen LogP contribution in [-0.4, -0.2) is 29.1 Å². The molecule has 11 heavy (non-hydrogen) atoms. The smallest absolute Gasteiger partial charge is 0.143 e. The van der Waals surface area contributed by atoms with E-state index in [2.05, 4.69) is 15.4 Å². The molecule has 0 fully saturated rings. The molecule has 1 heterocycles. The summed E-state index contributed by atoms with van der Waals surface area (Å²) in [5.41, 5.74) is 3.07. The number of nitrogens with one attached hydrogen (secondary N) is 1. The van der Waals surface area contributed by atoms with Gasteiger partial charge >= 0.3 is 0 Å². The van der Waals surface area contributed by atoms with Crippen LogP contribution in [0.25, 0.3) is 0 Å². The van der Waals surface area contributed by atoms with Crippen molar-refractivity contribution in [3.63, 3.8) is 0 Å². The maximum absolute atomic E-state index is 4.05. The van der Waals surface area contributed by atoms with E-state index in [1.165, 1.54) is 0 Å². The van der Waals surface area contributed by atoms with Gasteiger partial charge in [0.1, 0.15) is 5.82 Å². The molecule has 0 aliphatic rings. The highest BCUT2D eigenvalue weighted by molar-refractivity contribution is 4.87. The van der Waals surface area contributed by atoms with Gasteiger partial charge in [-0.25, -0.2) is 15.4 Å². The van der Waals surface area contributed by atoms with Crippen molar-refractivity contribution in [3.8, 4) is 0 Å². The molecule has 0 saturated carbocycles. The molecule has 0 radical (unpaired) electrons. The molecule has 0 amide bonds. The predicted molar refractivity (Wildman–Crippen MR) is 42.6 cm³/mol. The fourth-order valence-corrected chi connectivity index (χ4v) is 0.650. The van der Waals surface area contributed by atoms with Gasteiger partial charge in [-0.1, -0.05) is 0 Å². The Labute approximate surface area is 66.2 Å². The third-order valence-electron chi connectivity index (χ3n) is 1.17. The quantitative estimate of drug-likeness (QED) is 0.621. The van der Waals surface area contributed by atoms with Crippen molar-refractivity contribution >= 4 is 0 Å². The van der Waals surface area contributed by atoms with Gasteiger partial charge in [-0.2, -0.15) is 0 Å². The Kier molecular flexibility index (Phi) is 2.95. The molecule has 0 aliphatic carbocycles. The summed E-state index contributed by atoms with van der Waals surface area (Å²) < 4.78 is 0. The first-order valence-electron chi connectivity index (χ1n) is 3.46. The van der Waals surface area contributed by atoms with E-state index in [0.29, 0.717) is 6.54 Å². The summed E-state index contributed by atoms with van der Waals surface area (Å²) in [5.74, 6) is 0.807. The van der Waals surface area contributed by atoms with Crippen LogP contribution in [0.1, 0.15) is 5.82 Å². The van der Waals surface area contributed by atoms with Crippen LogP contribution in [0.5, 0.6) is 0 Å². The molecule has 1 aromatic rings. The minimum absolute atomic E-state index is 0.674. The fraction of sp³-hybridized carbons (Fsp3) is 0.429. The second-order valence-corrected chi connectivity index (χ2v) is 2.39. The van der Waals surface area contributed by atoms with E-state index in [-0.39, 0.29) is 0 Å². The topological polar surface area (TPSA) is 41.0 Å². The fourth-order valence-electron chi connectivity index (χ4n) is 0.650. The molecule has 0 saturated heterocycles. The number of hydrogen-bond donors (Lipinski definition) is 1. The van der Waals surface area contributed by atoms with Crippen molar-refractivity contribution in [2.75, 3.05) is 14.1 Å². The van der Waals surface area contributed by atoms with Gasteiger partial charge in [0, 0.05) is 26.5 Å². The molecular formula is C7H12N4. The third-order valence-corrected chi connectivity index (χ3v) is 1.17. The SMILES string of the molecule is CN(C)NCc1ncccn1. The van der Waals surface area contributed by atoms with E-state index in [0.717, 1.165) is 5.82 Å². The van der Waals surface area contributed by atoms with E-state index in [4.69, 9.17) is 0 Å². The van der Waals surface area contributed by atoms with E-state index in [1.54, 1.807) is 18.5 Å². The number of rotatable bonds is 3. The van der Waals surface area contributed by atoms with Crippen molar-refractivity contribution in [3.05, 3.63) is 24.3 Å².